The van der Waals surface area contributed by atoms with Gasteiger partial charge in [0.15, 0.2) is 6.10 Å². The van der Waals surface area contributed by atoms with Gasteiger partial charge in [-0.3, -0.25) is 4.79 Å². The molecule has 2 rings (SSSR count). The third kappa shape index (κ3) is 3.99. The minimum atomic E-state index is -0.633. The van der Waals surface area contributed by atoms with Crippen molar-refractivity contribution in [3.8, 4) is 5.75 Å². The van der Waals surface area contributed by atoms with Crippen molar-refractivity contribution in [1.29, 1.82) is 0 Å². The van der Waals surface area contributed by atoms with E-state index in [-0.39, 0.29) is 5.91 Å². The molecular formula is C17H18ClNO2. The Hall–Kier alpha value is -2.00. The van der Waals surface area contributed by atoms with E-state index >= 15 is 0 Å². The summed E-state index contributed by atoms with van der Waals surface area (Å²) in [5.41, 5.74) is 3.08. The van der Waals surface area contributed by atoms with Gasteiger partial charge in [-0.15, -0.1) is 0 Å². The van der Waals surface area contributed by atoms with Gasteiger partial charge in [0, 0.05) is 5.69 Å². The Morgan fingerprint density at radius 3 is 2.52 bits per heavy atom. The van der Waals surface area contributed by atoms with Crippen molar-refractivity contribution >= 4 is 23.2 Å². The molecule has 1 N–H and O–H groups in total. The molecule has 0 aromatic heterocycles. The number of aryl methyl sites for hydroxylation is 2. The Balaban J connectivity index is 2.02. The van der Waals surface area contributed by atoms with Crippen LogP contribution in [-0.2, 0) is 4.79 Å². The monoisotopic (exact) mass is 303 g/mol. The lowest BCUT2D eigenvalue weighted by Gasteiger charge is -2.16. The Bertz CT molecular complexity index is 655. The number of halogens is 1. The predicted molar refractivity (Wildman–Crippen MR) is 86.1 cm³/mol. The average Bonchev–Trinajstić information content (AvgIpc) is 2.45. The van der Waals surface area contributed by atoms with E-state index in [0.29, 0.717) is 10.8 Å². The van der Waals surface area contributed by atoms with Crippen LogP contribution in [0.25, 0.3) is 0 Å². The highest BCUT2D eigenvalue weighted by Gasteiger charge is 2.16. The van der Waals surface area contributed by atoms with Gasteiger partial charge in [0.2, 0.25) is 0 Å². The molecule has 2 aromatic rings. The van der Waals surface area contributed by atoms with Crippen molar-refractivity contribution in [1.82, 2.24) is 0 Å². The van der Waals surface area contributed by atoms with E-state index in [0.717, 1.165) is 11.3 Å². The topological polar surface area (TPSA) is 38.3 Å². The molecule has 3 nitrogen and oxygen atoms in total. The number of nitrogens with one attached hydrogen (secondary N) is 1. The first-order valence-electron chi connectivity index (χ1n) is 6.76. The van der Waals surface area contributed by atoms with Crippen LogP contribution in [0.15, 0.2) is 42.5 Å². The Kier molecular flexibility index (Phi) is 4.86. The van der Waals surface area contributed by atoms with Gasteiger partial charge in [0.25, 0.3) is 5.91 Å². The highest BCUT2D eigenvalue weighted by Crippen LogP contribution is 2.24. The van der Waals surface area contributed by atoms with Crippen LogP contribution >= 0.6 is 11.6 Å². The van der Waals surface area contributed by atoms with Gasteiger partial charge in [-0.25, -0.2) is 0 Å². The molecule has 21 heavy (non-hydrogen) atoms. The SMILES string of the molecule is Cc1ccc(NC(=O)[C@H](C)Oc2ccccc2Cl)cc1C. The van der Waals surface area contributed by atoms with Crippen molar-refractivity contribution in [2.45, 2.75) is 26.9 Å². The van der Waals surface area contributed by atoms with E-state index in [9.17, 15) is 4.79 Å². The van der Waals surface area contributed by atoms with Crippen LogP contribution in [-0.4, -0.2) is 12.0 Å². The Morgan fingerprint density at radius 2 is 1.86 bits per heavy atom. The third-order valence-electron chi connectivity index (χ3n) is 3.28. The van der Waals surface area contributed by atoms with Crippen molar-refractivity contribution in [2.75, 3.05) is 5.32 Å². The highest BCUT2D eigenvalue weighted by atomic mass is 35.5. The van der Waals surface area contributed by atoms with Gasteiger partial charge in [-0.05, 0) is 56.2 Å². The lowest BCUT2D eigenvalue weighted by Crippen LogP contribution is -2.30. The quantitative estimate of drug-likeness (QED) is 0.911. The Labute approximate surface area is 129 Å². The number of carbonyl (C=O) groups excluding carboxylic acids is 1. The summed E-state index contributed by atoms with van der Waals surface area (Å²) < 4.78 is 5.59. The zero-order chi connectivity index (χ0) is 15.4. The molecule has 2 aromatic carbocycles. The summed E-state index contributed by atoms with van der Waals surface area (Å²) >= 11 is 6.01. The Morgan fingerprint density at radius 1 is 1.14 bits per heavy atom. The molecule has 0 aliphatic rings. The van der Waals surface area contributed by atoms with Gasteiger partial charge in [-0.1, -0.05) is 29.8 Å². The third-order valence-corrected chi connectivity index (χ3v) is 3.60. The molecule has 0 unspecified atom stereocenters. The van der Waals surface area contributed by atoms with Crippen LogP contribution in [0.4, 0.5) is 5.69 Å². The first-order valence-corrected chi connectivity index (χ1v) is 7.14. The second kappa shape index (κ2) is 6.64. The molecule has 0 saturated carbocycles. The van der Waals surface area contributed by atoms with Crippen molar-refractivity contribution < 1.29 is 9.53 Å². The number of hydrogen-bond donors (Lipinski definition) is 1. The standard InChI is InChI=1S/C17H18ClNO2/c1-11-8-9-14(10-12(11)2)19-17(20)13(3)21-16-7-5-4-6-15(16)18/h4-10,13H,1-3H3,(H,19,20)/t13-/m0/s1. The van der Waals surface area contributed by atoms with Gasteiger partial charge < -0.3 is 10.1 Å². The fourth-order valence-corrected chi connectivity index (χ4v) is 2.03. The molecule has 4 heteroatoms. The van der Waals surface area contributed by atoms with Crippen LogP contribution in [0.5, 0.6) is 5.75 Å². The van der Waals surface area contributed by atoms with Gasteiger partial charge in [-0.2, -0.15) is 0 Å². The first kappa shape index (κ1) is 15.4. The van der Waals surface area contributed by atoms with Gasteiger partial charge in [0.1, 0.15) is 5.75 Å². The number of amides is 1. The second-order valence-electron chi connectivity index (χ2n) is 4.98. The highest BCUT2D eigenvalue weighted by molar-refractivity contribution is 6.32. The molecule has 0 heterocycles. The molecule has 0 bridgehead atoms. The van der Waals surface area contributed by atoms with Crippen molar-refractivity contribution in [3.63, 3.8) is 0 Å². The normalized spacial score (nSPS) is 11.8. The maximum absolute atomic E-state index is 12.1. The van der Waals surface area contributed by atoms with Crippen LogP contribution in [0.2, 0.25) is 5.02 Å². The number of benzene rings is 2. The predicted octanol–water partition coefficient (Wildman–Crippen LogP) is 4.36. The van der Waals surface area contributed by atoms with Gasteiger partial charge in [0.05, 0.1) is 5.02 Å². The lowest BCUT2D eigenvalue weighted by atomic mass is 10.1. The lowest BCUT2D eigenvalue weighted by molar-refractivity contribution is -0.122. The zero-order valence-electron chi connectivity index (χ0n) is 12.3. The zero-order valence-corrected chi connectivity index (χ0v) is 13.1. The molecular weight excluding hydrogens is 286 g/mol. The minimum Gasteiger partial charge on any atom is -0.479 e. The largest absolute Gasteiger partial charge is 0.479 e. The molecule has 1 amide bonds. The number of anilines is 1. The number of ether oxygens (including phenoxy) is 1. The maximum Gasteiger partial charge on any atom is 0.265 e. The van der Waals surface area contributed by atoms with E-state index in [1.54, 1.807) is 19.1 Å². The van der Waals surface area contributed by atoms with Crippen molar-refractivity contribution in [2.24, 2.45) is 0 Å². The molecule has 1 atom stereocenters. The summed E-state index contributed by atoms with van der Waals surface area (Å²) in [6, 6.07) is 12.9. The summed E-state index contributed by atoms with van der Waals surface area (Å²) in [5.74, 6) is 0.292. The van der Waals surface area contributed by atoms with Crippen LogP contribution in [0.3, 0.4) is 0 Å². The molecule has 110 valence electrons. The smallest absolute Gasteiger partial charge is 0.265 e. The summed E-state index contributed by atoms with van der Waals surface area (Å²) in [5, 5.41) is 3.33. The summed E-state index contributed by atoms with van der Waals surface area (Å²) in [4.78, 5) is 12.1. The van der Waals surface area contributed by atoms with Crippen molar-refractivity contribution in [3.05, 3.63) is 58.6 Å². The summed E-state index contributed by atoms with van der Waals surface area (Å²) in [6.45, 7) is 5.73. The summed E-state index contributed by atoms with van der Waals surface area (Å²) in [7, 11) is 0. The molecule has 0 spiro atoms. The molecule has 0 radical (unpaired) electrons. The fraction of sp³-hybridized carbons (Fsp3) is 0.235. The maximum atomic E-state index is 12.1. The van der Waals surface area contributed by atoms with Crippen LogP contribution in [0.1, 0.15) is 18.1 Å². The van der Waals surface area contributed by atoms with E-state index < -0.39 is 6.10 Å². The van der Waals surface area contributed by atoms with E-state index in [1.165, 1.54) is 5.56 Å². The average molecular weight is 304 g/mol. The number of carbonyl (C=O) groups is 1. The first-order chi connectivity index (χ1) is 9.97. The summed E-state index contributed by atoms with van der Waals surface area (Å²) in [6.07, 6.45) is -0.633. The van der Waals surface area contributed by atoms with E-state index in [1.807, 2.05) is 44.2 Å². The number of hydrogen-bond acceptors (Lipinski definition) is 2. The minimum absolute atomic E-state index is 0.210. The number of rotatable bonds is 4. The molecule has 0 aliphatic heterocycles. The van der Waals surface area contributed by atoms with Crippen LogP contribution in [0, 0.1) is 13.8 Å². The van der Waals surface area contributed by atoms with Gasteiger partial charge >= 0.3 is 0 Å². The molecule has 0 saturated heterocycles. The van der Waals surface area contributed by atoms with E-state index in [4.69, 9.17) is 16.3 Å². The fourth-order valence-electron chi connectivity index (χ4n) is 1.85. The molecule has 0 aliphatic carbocycles. The van der Waals surface area contributed by atoms with E-state index in [2.05, 4.69) is 5.32 Å². The second-order valence-corrected chi connectivity index (χ2v) is 5.39. The molecule has 0 fully saturated rings. The van der Waals surface area contributed by atoms with Crippen LogP contribution < -0.4 is 10.1 Å². The number of para-hydroxylation sites is 1.